The molecule has 1 amide bonds. The number of para-hydroxylation sites is 2. The van der Waals surface area contributed by atoms with Crippen LogP contribution in [-0.4, -0.2) is 5.91 Å². The lowest BCUT2D eigenvalue weighted by Crippen LogP contribution is -2.19. The number of aryl methyl sites for hydroxylation is 1. The third-order valence-electron chi connectivity index (χ3n) is 3.45. The molecule has 0 fully saturated rings. The van der Waals surface area contributed by atoms with Crippen LogP contribution in [0.5, 0.6) is 11.5 Å². The number of anilines is 1. The fourth-order valence-electron chi connectivity index (χ4n) is 1.83. The zero-order chi connectivity index (χ0) is 15.2. The van der Waals surface area contributed by atoms with Crippen LogP contribution in [-0.2, 0) is 4.79 Å². The average Bonchev–Trinajstić information content (AvgIpc) is 2.50. The molecule has 110 valence electrons. The molecule has 0 spiro atoms. The predicted molar refractivity (Wildman–Crippen MR) is 85.8 cm³/mol. The van der Waals surface area contributed by atoms with Crippen LogP contribution in [0, 0.1) is 12.8 Å². The van der Waals surface area contributed by atoms with Crippen LogP contribution < -0.4 is 10.1 Å². The van der Waals surface area contributed by atoms with E-state index in [1.807, 2.05) is 69.3 Å². The van der Waals surface area contributed by atoms with E-state index >= 15 is 0 Å². The number of ether oxygens (including phenoxy) is 1. The summed E-state index contributed by atoms with van der Waals surface area (Å²) in [5, 5.41) is 2.93. The summed E-state index contributed by atoms with van der Waals surface area (Å²) >= 11 is 0. The van der Waals surface area contributed by atoms with Crippen LogP contribution in [0.25, 0.3) is 0 Å². The number of carbonyl (C=O) groups excluding carboxylic acids is 1. The number of benzene rings is 2. The second kappa shape index (κ2) is 6.93. The number of hydrogen-bond acceptors (Lipinski definition) is 2. The summed E-state index contributed by atoms with van der Waals surface area (Å²) in [5.74, 6) is 1.40. The van der Waals surface area contributed by atoms with Crippen LogP contribution in [0.3, 0.4) is 0 Å². The Balaban J connectivity index is 2.17. The molecule has 1 N–H and O–H groups in total. The van der Waals surface area contributed by atoms with Crippen LogP contribution in [0.2, 0.25) is 0 Å². The van der Waals surface area contributed by atoms with Crippen molar-refractivity contribution in [3.63, 3.8) is 0 Å². The number of nitrogens with one attached hydrogen (secondary N) is 1. The Kier molecular flexibility index (Phi) is 4.99. The third-order valence-corrected chi connectivity index (χ3v) is 3.45. The monoisotopic (exact) mass is 283 g/mol. The summed E-state index contributed by atoms with van der Waals surface area (Å²) in [6, 6.07) is 15.3. The maximum Gasteiger partial charge on any atom is 0.227 e. The van der Waals surface area contributed by atoms with Gasteiger partial charge in [0.15, 0.2) is 5.75 Å². The molecule has 3 heteroatoms. The topological polar surface area (TPSA) is 38.3 Å². The van der Waals surface area contributed by atoms with E-state index in [-0.39, 0.29) is 11.8 Å². The van der Waals surface area contributed by atoms with Gasteiger partial charge in [-0.25, -0.2) is 0 Å². The van der Waals surface area contributed by atoms with E-state index in [1.54, 1.807) is 0 Å². The summed E-state index contributed by atoms with van der Waals surface area (Å²) < 4.78 is 5.86. The van der Waals surface area contributed by atoms with E-state index in [2.05, 4.69) is 5.32 Å². The first kappa shape index (κ1) is 15.1. The van der Waals surface area contributed by atoms with Gasteiger partial charge in [-0.05, 0) is 37.6 Å². The highest BCUT2D eigenvalue weighted by Crippen LogP contribution is 2.29. The molecule has 2 rings (SSSR count). The molecule has 0 aliphatic carbocycles. The number of rotatable bonds is 5. The highest BCUT2D eigenvalue weighted by Gasteiger charge is 2.13. The van der Waals surface area contributed by atoms with Gasteiger partial charge < -0.3 is 10.1 Å². The minimum atomic E-state index is -0.0163. The van der Waals surface area contributed by atoms with Gasteiger partial charge in [-0.2, -0.15) is 0 Å². The molecule has 1 atom stereocenters. The molecule has 0 radical (unpaired) electrons. The van der Waals surface area contributed by atoms with Crippen LogP contribution >= 0.6 is 0 Å². The minimum Gasteiger partial charge on any atom is -0.455 e. The third kappa shape index (κ3) is 4.09. The van der Waals surface area contributed by atoms with Gasteiger partial charge in [0.05, 0.1) is 5.69 Å². The highest BCUT2D eigenvalue weighted by atomic mass is 16.5. The van der Waals surface area contributed by atoms with Gasteiger partial charge >= 0.3 is 0 Å². The molecule has 3 nitrogen and oxygen atoms in total. The number of hydrogen-bond donors (Lipinski definition) is 1. The lowest BCUT2D eigenvalue weighted by molar-refractivity contribution is -0.119. The van der Waals surface area contributed by atoms with Crippen LogP contribution in [0.1, 0.15) is 25.8 Å². The first-order valence-corrected chi connectivity index (χ1v) is 7.24. The predicted octanol–water partition coefficient (Wildman–Crippen LogP) is 4.77. The Morgan fingerprint density at radius 1 is 1.14 bits per heavy atom. The second-order valence-corrected chi connectivity index (χ2v) is 5.21. The summed E-state index contributed by atoms with van der Waals surface area (Å²) in [6.07, 6.45) is 0.812. The maximum absolute atomic E-state index is 12.0. The molecule has 0 saturated carbocycles. The Morgan fingerprint density at radius 2 is 1.81 bits per heavy atom. The molecule has 0 aromatic heterocycles. The summed E-state index contributed by atoms with van der Waals surface area (Å²) in [7, 11) is 0. The summed E-state index contributed by atoms with van der Waals surface area (Å²) in [6.45, 7) is 5.95. The number of carbonyl (C=O) groups is 1. The quantitative estimate of drug-likeness (QED) is 0.858. The first-order chi connectivity index (χ1) is 10.1. The van der Waals surface area contributed by atoms with E-state index in [4.69, 9.17) is 4.74 Å². The minimum absolute atomic E-state index is 0.0115. The van der Waals surface area contributed by atoms with Gasteiger partial charge in [-0.3, -0.25) is 4.79 Å². The molecule has 0 aliphatic rings. The smallest absolute Gasteiger partial charge is 0.227 e. The van der Waals surface area contributed by atoms with Crippen molar-refractivity contribution in [3.05, 3.63) is 54.1 Å². The van der Waals surface area contributed by atoms with Crippen LogP contribution in [0.4, 0.5) is 5.69 Å². The highest BCUT2D eigenvalue weighted by molar-refractivity contribution is 5.93. The molecule has 21 heavy (non-hydrogen) atoms. The standard InChI is InChI=1S/C18H21NO2/c1-4-14(3)18(20)19-16-7-5-6-8-17(16)21-15-11-9-13(2)10-12-15/h5-12,14H,4H2,1-3H3,(H,19,20)/t14-/m0/s1. The second-order valence-electron chi connectivity index (χ2n) is 5.21. The van der Waals surface area contributed by atoms with Crippen molar-refractivity contribution in [2.45, 2.75) is 27.2 Å². The van der Waals surface area contributed by atoms with Crippen molar-refractivity contribution in [1.82, 2.24) is 0 Å². The zero-order valence-electron chi connectivity index (χ0n) is 12.7. The van der Waals surface area contributed by atoms with Gasteiger partial charge in [0.2, 0.25) is 5.91 Å². The molecule has 0 aliphatic heterocycles. The van der Waals surface area contributed by atoms with E-state index < -0.39 is 0 Å². The van der Waals surface area contributed by atoms with E-state index in [1.165, 1.54) is 5.56 Å². The maximum atomic E-state index is 12.0. The van der Waals surface area contributed by atoms with E-state index in [0.29, 0.717) is 11.4 Å². The van der Waals surface area contributed by atoms with Crippen molar-refractivity contribution in [3.8, 4) is 11.5 Å². The van der Waals surface area contributed by atoms with Crippen molar-refractivity contribution >= 4 is 11.6 Å². The fraction of sp³-hybridized carbons (Fsp3) is 0.278. The molecular weight excluding hydrogens is 262 g/mol. The molecule has 0 heterocycles. The molecule has 2 aromatic rings. The van der Waals surface area contributed by atoms with Crippen molar-refractivity contribution in [2.75, 3.05) is 5.32 Å². The molecule has 2 aromatic carbocycles. The van der Waals surface area contributed by atoms with Gasteiger partial charge in [0, 0.05) is 5.92 Å². The average molecular weight is 283 g/mol. The first-order valence-electron chi connectivity index (χ1n) is 7.24. The Morgan fingerprint density at radius 3 is 2.48 bits per heavy atom. The van der Waals surface area contributed by atoms with E-state index in [9.17, 15) is 4.79 Å². The molecule has 0 unspecified atom stereocenters. The molecule has 0 bridgehead atoms. The lowest BCUT2D eigenvalue weighted by atomic mass is 10.1. The molecular formula is C18H21NO2. The normalized spacial score (nSPS) is 11.8. The van der Waals surface area contributed by atoms with Crippen molar-refractivity contribution in [2.24, 2.45) is 5.92 Å². The largest absolute Gasteiger partial charge is 0.455 e. The Bertz CT molecular complexity index is 605. The van der Waals surface area contributed by atoms with Gasteiger partial charge in [0.25, 0.3) is 0 Å². The van der Waals surface area contributed by atoms with Crippen molar-refractivity contribution < 1.29 is 9.53 Å². The Hall–Kier alpha value is -2.29. The van der Waals surface area contributed by atoms with Gasteiger partial charge in [-0.15, -0.1) is 0 Å². The Labute approximate surface area is 126 Å². The van der Waals surface area contributed by atoms with Crippen LogP contribution in [0.15, 0.2) is 48.5 Å². The van der Waals surface area contributed by atoms with E-state index in [0.717, 1.165) is 12.2 Å². The summed E-state index contributed by atoms with van der Waals surface area (Å²) in [5.41, 5.74) is 1.88. The molecule has 0 saturated heterocycles. The zero-order valence-corrected chi connectivity index (χ0v) is 12.7. The number of amides is 1. The fourth-order valence-corrected chi connectivity index (χ4v) is 1.83. The summed E-state index contributed by atoms with van der Waals surface area (Å²) in [4.78, 5) is 12.0. The van der Waals surface area contributed by atoms with Crippen molar-refractivity contribution in [1.29, 1.82) is 0 Å². The van der Waals surface area contributed by atoms with Gasteiger partial charge in [0.1, 0.15) is 5.75 Å². The SMILES string of the molecule is CC[C@H](C)C(=O)Nc1ccccc1Oc1ccc(C)cc1. The van der Waals surface area contributed by atoms with Gasteiger partial charge in [-0.1, -0.05) is 43.7 Å². The lowest BCUT2D eigenvalue weighted by Gasteiger charge is -2.14.